The van der Waals surface area contributed by atoms with E-state index in [1.807, 2.05) is 13.8 Å². The minimum Gasteiger partial charge on any atom is -0.497 e. The van der Waals surface area contributed by atoms with Gasteiger partial charge in [0.2, 0.25) is 10.0 Å². The number of sulfonamides is 1. The quantitative estimate of drug-likeness (QED) is 0.460. The van der Waals surface area contributed by atoms with Crippen molar-refractivity contribution < 1.29 is 32.3 Å². The summed E-state index contributed by atoms with van der Waals surface area (Å²) >= 11 is 0. The number of anilines is 1. The zero-order valence-corrected chi connectivity index (χ0v) is 20.3. The first-order chi connectivity index (χ1) is 16.1. The summed E-state index contributed by atoms with van der Waals surface area (Å²) in [5.74, 6) is -1.14. The lowest BCUT2D eigenvalue weighted by Crippen LogP contribution is -2.40. The topological polar surface area (TPSA) is 131 Å². The van der Waals surface area contributed by atoms with Crippen LogP contribution in [0.25, 0.3) is 0 Å². The maximum Gasteiger partial charge on any atom is 0.324 e. The van der Waals surface area contributed by atoms with Gasteiger partial charge in [0.05, 0.1) is 12.0 Å². The largest absolute Gasteiger partial charge is 0.497 e. The first-order valence-electron chi connectivity index (χ1n) is 10.6. The molecular weight excluding hydrogens is 462 g/mol. The van der Waals surface area contributed by atoms with Crippen LogP contribution in [0.3, 0.4) is 0 Å². The van der Waals surface area contributed by atoms with Gasteiger partial charge in [-0.15, -0.1) is 0 Å². The van der Waals surface area contributed by atoms with Crippen molar-refractivity contribution in [3.05, 3.63) is 54.1 Å². The first kappa shape index (κ1) is 26.8. The van der Waals surface area contributed by atoms with Gasteiger partial charge in [-0.05, 0) is 69.3 Å². The third-order valence-corrected chi connectivity index (χ3v) is 6.42. The lowest BCUT2D eigenvalue weighted by Gasteiger charge is -2.18. The summed E-state index contributed by atoms with van der Waals surface area (Å²) in [6, 6.07) is 10.8. The van der Waals surface area contributed by atoms with Crippen LogP contribution in [0, 0.1) is 0 Å². The maximum absolute atomic E-state index is 12.4. The lowest BCUT2D eigenvalue weighted by molar-refractivity contribution is -0.148. The Labute approximate surface area is 199 Å². The average molecular weight is 492 g/mol. The Morgan fingerprint density at radius 3 is 2.09 bits per heavy atom. The Morgan fingerprint density at radius 1 is 0.971 bits per heavy atom. The van der Waals surface area contributed by atoms with Crippen molar-refractivity contribution in [3.63, 3.8) is 0 Å². The second-order valence-corrected chi connectivity index (χ2v) is 8.94. The molecular formula is C23H29N3O7S. The predicted molar refractivity (Wildman–Crippen MR) is 126 cm³/mol. The number of esters is 1. The second-order valence-electron chi connectivity index (χ2n) is 7.23. The van der Waals surface area contributed by atoms with Gasteiger partial charge in [0.15, 0.2) is 6.61 Å². The molecule has 0 bridgehead atoms. The highest BCUT2D eigenvalue weighted by Crippen LogP contribution is 2.16. The van der Waals surface area contributed by atoms with E-state index in [-0.39, 0.29) is 10.8 Å². The Balaban J connectivity index is 1.87. The van der Waals surface area contributed by atoms with E-state index in [4.69, 9.17) is 9.47 Å². The van der Waals surface area contributed by atoms with Crippen molar-refractivity contribution in [3.8, 4) is 5.75 Å². The summed E-state index contributed by atoms with van der Waals surface area (Å²) in [7, 11) is -2.52. The SMILES string of the molecule is CCN(CC)C(=O)c1ccc(NC(=O)COC(=O)C(C)NS(=O)(=O)c2ccc(OC)cc2)cc1. The number of hydrogen-bond donors (Lipinski definition) is 2. The Kier molecular flexibility index (Phi) is 9.58. The van der Waals surface area contributed by atoms with Crippen LogP contribution in [-0.2, 0) is 24.3 Å². The molecule has 2 amide bonds. The minimum absolute atomic E-state index is 0.0476. The Hall–Kier alpha value is -3.44. The molecule has 0 fully saturated rings. The molecule has 2 aromatic rings. The number of rotatable bonds is 11. The second kappa shape index (κ2) is 12.1. The number of nitrogens with zero attached hydrogens (tertiary/aromatic N) is 1. The fourth-order valence-electron chi connectivity index (χ4n) is 2.95. The highest BCUT2D eigenvalue weighted by Gasteiger charge is 2.24. The molecule has 0 aromatic heterocycles. The van der Waals surface area contributed by atoms with Crippen molar-refractivity contribution in [2.45, 2.75) is 31.7 Å². The zero-order chi connectivity index (χ0) is 25.3. The van der Waals surface area contributed by atoms with Crippen LogP contribution in [0.4, 0.5) is 5.69 Å². The van der Waals surface area contributed by atoms with Gasteiger partial charge in [0.25, 0.3) is 11.8 Å². The van der Waals surface area contributed by atoms with Crippen LogP contribution in [0.15, 0.2) is 53.4 Å². The van der Waals surface area contributed by atoms with E-state index in [9.17, 15) is 22.8 Å². The monoisotopic (exact) mass is 491 g/mol. The molecule has 0 aliphatic carbocycles. The molecule has 0 aliphatic heterocycles. The van der Waals surface area contributed by atoms with Gasteiger partial charge in [-0.1, -0.05) is 0 Å². The molecule has 2 N–H and O–H groups in total. The zero-order valence-electron chi connectivity index (χ0n) is 19.5. The van der Waals surface area contributed by atoms with E-state index >= 15 is 0 Å². The molecule has 0 radical (unpaired) electrons. The number of carbonyl (C=O) groups is 3. The Bertz CT molecular complexity index is 1100. The van der Waals surface area contributed by atoms with Crippen molar-refractivity contribution in [1.82, 2.24) is 9.62 Å². The normalized spacial score (nSPS) is 11.9. The average Bonchev–Trinajstić information content (AvgIpc) is 2.83. The molecule has 0 aliphatic rings. The third-order valence-electron chi connectivity index (χ3n) is 4.87. The van der Waals surface area contributed by atoms with E-state index < -0.39 is 34.5 Å². The van der Waals surface area contributed by atoms with E-state index in [1.165, 1.54) is 38.3 Å². The lowest BCUT2D eigenvalue weighted by atomic mass is 10.2. The molecule has 1 atom stereocenters. The molecule has 0 spiro atoms. The minimum atomic E-state index is -3.98. The molecule has 1 unspecified atom stereocenters. The van der Waals surface area contributed by atoms with E-state index in [2.05, 4.69) is 10.0 Å². The van der Waals surface area contributed by atoms with Crippen LogP contribution in [0.5, 0.6) is 5.75 Å². The van der Waals surface area contributed by atoms with E-state index in [0.29, 0.717) is 30.1 Å². The van der Waals surface area contributed by atoms with Crippen LogP contribution >= 0.6 is 0 Å². The van der Waals surface area contributed by atoms with E-state index in [1.54, 1.807) is 29.2 Å². The number of carbonyl (C=O) groups excluding carboxylic acids is 3. The van der Waals surface area contributed by atoms with Gasteiger partial charge in [0.1, 0.15) is 11.8 Å². The van der Waals surface area contributed by atoms with Crippen molar-refractivity contribution in [1.29, 1.82) is 0 Å². The number of methoxy groups -OCH3 is 1. The summed E-state index contributed by atoms with van der Waals surface area (Å²) < 4.78 is 36.9. The first-order valence-corrected chi connectivity index (χ1v) is 12.1. The maximum atomic E-state index is 12.4. The molecule has 2 rings (SSSR count). The molecule has 0 saturated heterocycles. The highest BCUT2D eigenvalue weighted by molar-refractivity contribution is 7.89. The molecule has 2 aromatic carbocycles. The van der Waals surface area contributed by atoms with Crippen LogP contribution < -0.4 is 14.8 Å². The number of ether oxygens (including phenoxy) is 2. The van der Waals surface area contributed by atoms with Crippen molar-refractivity contribution in [2.24, 2.45) is 0 Å². The van der Waals surface area contributed by atoms with Crippen LogP contribution in [-0.4, -0.2) is 63.9 Å². The predicted octanol–water partition coefficient (Wildman–Crippen LogP) is 2.03. The van der Waals surface area contributed by atoms with Gasteiger partial charge in [-0.2, -0.15) is 4.72 Å². The molecule has 10 nitrogen and oxygen atoms in total. The molecule has 0 saturated carbocycles. The summed E-state index contributed by atoms with van der Waals surface area (Å²) in [5.41, 5.74) is 0.913. The van der Waals surface area contributed by atoms with Crippen molar-refractivity contribution in [2.75, 3.05) is 32.1 Å². The summed E-state index contributed by atoms with van der Waals surface area (Å²) in [6.45, 7) is 5.67. The fourth-order valence-corrected chi connectivity index (χ4v) is 4.14. The number of hydrogen-bond acceptors (Lipinski definition) is 7. The van der Waals surface area contributed by atoms with Gasteiger partial charge in [-0.3, -0.25) is 14.4 Å². The number of nitrogens with one attached hydrogen (secondary N) is 2. The summed E-state index contributed by atoms with van der Waals surface area (Å²) in [6.07, 6.45) is 0. The van der Waals surface area contributed by atoms with Gasteiger partial charge in [-0.25, -0.2) is 8.42 Å². The smallest absolute Gasteiger partial charge is 0.324 e. The molecule has 184 valence electrons. The standard InChI is InChI=1S/C23H29N3O7S/c1-5-26(6-2)22(28)17-7-9-18(10-8-17)24-21(27)15-33-23(29)16(3)25-34(30,31)20-13-11-19(32-4)12-14-20/h7-14,16,25H,5-6,15H2,1-4H3,(H,24,27). The van der Waals surface area contributed by atoms with Crippen LogP contribution in [0.2, 0.25) is 0 Å². The third kappa shape index (κ3) is 7.29. The van der Waals surface area contributed by atoms with E-state index in [0.717, 1.165) is 0 Å². The summed E-state index contributed by atoms with van der Waals surface area (Å²) in [5, 5.41) is 2.55. The van der Waals surface area contributed by atoms with Gasteiger partial charge >= 0.3 is 5.97 Å². The number of amides is 2. The number of benzene rings is 2. The van der Waals surface area contributed by atoms with Gasteiger partial charge < -0.3 is 19.7 Å². The molecule has 0 heterocycles. The summed E-state index contributed by atoms with van der Waals surface area (Å²) in [4.78, 5) is 38.2. The fraction of sp³-hybridized carbons (Fsp3) is 0.348. The van der Waals surface area contributed by atoms with Crippen LogP contribution in [0.1, 0.15) is 31.1 Å². The molecule has 34 heavy (non-hydrogen) atoms. The van der Waals surface area contributed by atoms with Gasteiger partial charge in [0, 0.05) is 24.3 Å². The highest BCUT2D eigenvalue weighted by atomic mass is 32.2. The molecule has 11 heteroatoms. The Morgan fingerprint density at radius 2 is 1.56 bits per heavy atom. The van der Waals surface area contributed by atoms with Crippen molar-refractivity contribution >= 4 is 33.5 Å².